The van der Waals surface area contributed by atoms with Crippen LogP contribution in [0.4, 0.5) is 0 Å². The first-order chi connectivity index (χ1) is 8.56. The molecule has 0 radical (unpaired) electrons. The summed E-state index contributed by atoms with van der Waals surface area (Å²) in [6, 6.07) is 5.06. The molecule has 0 bridgehead atoms. The minimum Gasteiger partial charge on any atom is -0.504 e. The lowest BCUT2D eigenvalue weighted by molar-refractivity contribution is 0.261. The van der Waals surface area contributed by atoms with E-state index in [1.807, 2.05) is 0 Å². The molecule has 18 heavy (non-hydrogen) atoms. The highest BCUT2D eigenvalue weighted by Crippen LogP contribution is 2.28. The Morgan fingerprint density at radius 2 is 1.83 bits per heavy atom. The molecule has 1 heterocycles. The molecule has 94 valence electrons. The summed E-state index contributed by atoms with van der Waals surface area (Å²) in [5, 5.41) is 27.3. The van der Waals surface area contributed by atoms with Crippen molar-refractivity contribution >= 4 is 0 Å². The quantitative estimate of drug-likeness (QED) is 0.710. The van der Waals surface area contributed by atoms with Crippen molar-refractivity contribution in [2.75, 3.05) is 0 Å². The van der Waals surface area contributed by atoms with Crippen LogP contribution in [0.25, 0.3) is 0 Å². The molecule has 0 aliphatic rings. The lowest BCUT2D eigenvalue weighted by Gasteiger charge is -2.06. The van der Waals surface area contributed by atoms with Crippen molar-refractivity contribution in [2.45, 2.75) is 6.61 Å². The minimum absolute atomic E-state index is 0.0419. The average molecular weight is 250 g/mol. The molecule has 6 nitrogen and oxygen atoms in total. The predicted octanol–water partition coefficient (Wildman–Crippen LogP) is 1.34. The predicted molar refractivity (Wildman–Crippen MR) is 60.7 cm³/mol. The molecule has 2 rings (SSSR count). The topological polar surface area (TPSA) is 100 Å². The Balaban J connectivity index is 2.09. The molecule has 0 spiro atoms. The molecule has 0 saturated carbocycles. The van der Waals surface area contributed by atoms with Crippen LogP contribution in [-0.4, -0.2) is 15.3 Å². The number of benzene rings is 1. The van der Waals surface area contributed by atoms with E-state index in [2.05, 4.69) is 0 Å². The van der Waals surface area contributed by atoms with Gasteiger partial charge in [-0.1, -0.05) is 0 Å². The molecular formula is C12H10O6. The number of hydrogen-bond donors (Lipinski definition) is 3. The maximum Gasteiger partial charge on any atom is 0.226 e. The molecule has 0 unspecified atom stereocenters. The van der Waals surface area contributed by atoms with E-state index in [0.29, 0.717) is 5.75 Å². The lowest BCUT2D eigenvalue weighted by Crippen LogP contribution is -2.03. The zero-order valence-electron chi connectivity index (χ0n) is 9.16. The van der Waals surface area contributed by atoms with Crippen LogP contribution in [0.1, 0.15) is 5.76 Å². The Labute approximate surface area is 101 Å². The van der Waals surface area contributed by atoms with Crippen molar-refractivity contribution in [1.29, 1.82) is 0 Å². The van der Waals surface area contributed by atoms with Crippen LogP contribution >= 0.6 is 0 Å². The summed E-state index contributed by atoms with van der Waals surface area (Å²) in [4.78, 5) is 11.1. The number of ether oxygens (including phenoxy) is 1. The molecule has 1 aromatic heterocycles. The first-order valence-electron chi connectivity index (χ1n) is 5.02. The van der Waals surface area contributed by atoms with Crippen LogP contribution in [-0.2, 0) is 6.61 Å². The number of hydrogen-bond acceptors (Lipinski definition) is 6. The van der Waals surface area contributed by atoms with E-state index in [-0.39, 0.29) is 23.9 Å². The van der Waals surface area contributed by atoms with Gasteiger partial charge in [-0.3, -0.25) is 4.79 Å². The molecule has 6 heteroatoms. The summed E-state index contributed by atoms with van der Waals surface area (Å²) in [6.07, 6.45) is 0.926. The van der Waals surface area contributed by atoms with E-state index in [4.69, 9.17) is 19.4 Å². The number of phenols is 2. The highest BCUT2D eigenvalue weighted by molar-refractivity contribution is 5.43. The molecule has 2 aromatic rings. The third kappa shape index (κ3) is 2.54. The Bertz CT molecular complexity index is 616. The monoisotopic (exact) mass is 250 g/mol. The van der Waals surface area contributed by atoms with Crippen LogP contribution in [0.2, 0.25) is 0 Å². The maximum atomic E-state index is 11.1. The van der Waals surface area contributed by atoms with Gasteiger partial charge in [0.1, 0.15) is 24.4 Å². The van der Waals surface area contributed by atoms with Gasteiger partial charge in [-0.15, -0.1) is 0 Å². The van der Waals surface area contributed by atoms with Crippen LogP contribution in [0.5, 0.6) is 23.0 Å². The van der Waals surface area contributed by atoms with Gasteiger partial charge in [0.05, 0.1) is 0 Å². The number of aromatic hydroxyl groups is 3. The van der Waals surface area contributed by atoms with Gasteiger partial charge in [-0.05, 0) is 12.1 Å². The molecule has 0 saturated heterocycles. The third-order valence-corrected chi connectivity index (χ3v) is 2.19. The van der Waals surface area contributed by atoms with Crippen molar-refractivity contribution < 1.29 is 24.5 Å². The number of rotatable bonds is 3. The fraction of sp³-hybridized carbons (Fsp3) is 0.0833. The zero-order chi connectivity index (χ0) is 13.1. The van der Waals surface area contributed by atoms with E-state index in [9.17, 15) is 9.90 Å². The first kappa shape index (κ1) is 11.8. The summed E-state index contributed by atoms with van der Waals surface area (Å²) in [5.74, 6) is -0.495. The van der Waals surface area contributed by atoms with Gasteiger partial charge in [0, 0.05) is 12.1 Å². The van der Waals surface area contributed by atoms with Gasteiger partial charge in [0.15, 0.2) is 17.2 Å². The van der Waals surface area contributed by atoms with Gasteiger partial charge in [-0.25, -0.2) is 0 Å². The van der Waals surface area contributed by atoms with Gasteiger partial charge in [0.25, 0.3) is 0 Å². The van der Waals surface area contributed by atoms with Crippen molar-refractivity contribution in [3.8, 4) is 23.0 Å². The molecule has 1 aromatic carbocycles. The van der Waals surface area contributed by atoms with Gasteiger partial charge >= 0.3 is 0 Å². The van der Waals surface area contributed by atoms with Crippen LogP contribution in [0, 0.1) is 0 Å². The van der Waals surface area contributed by atoms with Gasteiger partial charge in [-0.2, -0.15) is 0 Å². The summed E-state index contributed by atoms with van der Waals surface area (Å²) >= 11 is 0. The average Bonchev–Trinajstić information content (AvgIpc) is 2.35. The Hall–Kier alpha value is -2.63. The number of phenolic OH excluding ortho intramolecular Hbond substituents is 2. The molecule has 0 fully saturated rings. The van der Waals surface area contributed by atoms with Crippen LogP contribution in [0.15, 0.2) is 39.7 Å². The van der Waals surface area contributed by atoms with E-state index in [0.717, 1.165) is 12.3 Å². The summed E-state index contributed by atoms with van der Waals surface area (Å²) in [7, 11) is 0. The normalized spacial score (nSPS) is 10.2. The standard InChI is InChI=1S/C12H10O6/c13-9-2-1-7(3-10(9)14)17-5-8-4-11(15)12(16)6-18-8/h1-4,6,13-14,16H,5H2. The fourth-order valence-electron chi connectivity index (χ4n) is 1.27. The second kappa shape index (κ2) is 4.70. The second-order valence-electron chi connectivity index (χ2n) is 3.54. The highest BCUT2D eigenvalue weighted by Gasteiger charge is 2.05. The highest BCUT2D eigenvalue weighted by atomic mass is 16.5. The minimum atomic E-state index is -0.562. The Kier molecular flexibility index (Phi) is 3.09. The molecule has 0 aliphatic carbocycles. The molecule has 0 aliphatic heterocycles. The summed E-state index contributed by atoms with van der Waals surface area (Å²) < 4.78 is 10.2. The zero-order valence-corrected chi connectivity index (χ0v) is 9.16. The van der Waals surface area contributed by atoms with Gasteiger partial charge in [0.2, 0.25) is 5.43 Å². The van der Waals surface area contributed by atoms with Crippen molar-refractivity contribution in [3.63, 3.8) is 0 Å². The van der Waals surface area contributed by atoms with Crippen LogP contribution < -0.4 is 10.2 Å². The Morgan fingerprint density at radius 1 is 1.06 bits per heavy atom. The SMILES string of the molecule is O=c1cc(COc2ccc(O)c(O)c2)occ1O. The summed E-state index contributed by atoms with van der Waals surface area (Å²) in [6.45, 7) is -0.0419. The van der Waals surface area contributed by atoms with Crippen LogP contribution in [0.3, 0.4) is 0 Å². The lowest BCUT2D eigenvalue weighted by atomic mass is 10.3. The molecule has 0 amide bonds. The second-order valence-corrected chi connectivity index (χ2v) is 3.54. The third-order valence-electron chi connectivity index (χ3n) is 2.19. The smallest absolute Gasteiger partial charge is 0.226 e. The summed E-state index contributed by atoms with van der Waals surface area (Å²) in [5.41, 5.74) is -0.562. The molecule has 0 atom stereocenters. The van der Waals surface area contributed by atoms with Crippen molar-refractivity contribution in [2.24, 2.45) is 0 Å². The Morgan fingerprint density at radius 3 is 2.50 bits per heavy atom. The first-order valence-corrected chi connectivity index (χ1v) is 5.02. The van der Waals surface area contributed by atoms with Crippen molar-refractivity contribution in [1.82, 2.24) is 0 Å². The van der Waals surface area contributed by atoms with Crippen molar-refractivity contribution in [3.05, 3.63) is 46.5 Å². The van der Waals surface area contributed by atoms with E-state index in [1.165, 1.54) is 18.2 Å². The molecular weight excluding hydrogens is 240 g/mol. The van der Waals surface area contributed by atoms with E-state index in [1.54, 1.807) is 0 Å². The maximum absolute atomic E-state index is 11.1. The molecule has 3 N–H and O–H groups in total. The fourth-order valence-corrected chi connectivity index (χ4v) is 1.27. The van der Waals surface area contributed by atoms with E-state index < -0.39 is 11.2 Å². The van der Waals surface area contributed by atoms with E-state index >= 15 is 0 Å². The largest absolute Gasteiger partial charge is 0.504 e. The van der Waals surface area contributed by atoms with Gasteiger partial charge < -0.3 is 24.5 Å².